The number of benzene rings is 1. The fourth-order valence-corrected chi connectivity index (χ4v) is 5.21. The summed E-state index contributed by atoms with van der Waals surface area (Å²) in [5.41, 5.74) is 1.95. The Morgan fingerprint density at radius 2 is 1.74 bits per heavy atom. The molecule has 10 nitrogen and oxygen atoms in total. The first kappa shape index (κ1) is 26.7. The summed E-state index contributed by atoms with van der Waals surface area (Å²) in [6.07, 6.45) is 3.15. The molecule has 4 aromatic rings. The number of imidazole rings is 1. The van der Waals surface area contributed by atoms with Gasteiger partial charge in [-0.05, 0) is 37.6 Å². The fraction of sp³-hybridized carbons (Fsp3) is 0.296. The number of nitrogens with zero attached hydrogens (tertiary/aromatic N) is 7. The summed E-state index contributed by atoms with van der Waals surface area (Å²) in [4.78, 5) is 44.4. The Kier molecular flexibility index (Phi) is 6.86. The number of methoxy groups -OCH3 is 1. The van der Waals surface area contributed by atoms with Gasteiger partial charge in [-0.2, -0.15) is 4.98 Å². The molecule has 3 aromatic heterocycles. The minimum absolute atomic E-state index is 0.126. The van der Waals surface area contributed by atoms with Crippen LogP contribution in [-0.4, -0.2) is 51.2 Å². The number of fused-ring (bicyclic) bond motifs is 1. The molecule has 0 radical (unpaired) electrons. The molecular formula is C27H27Cl2N7O3. The van der Waals surface area contributed by atoms with Gasteiger partial charge in [-0.1, -0.05) is 35.3 Å². The molecule has 1 amide bonds. The van der Waals surface area contributed by atoms with Gasteiger partial charge < -0.3 is 18.8 Å². The van der Waals surface area contributed by atoms with Gasteiger partial charge in [0.15, 0.2) is 5.69 Å². The zero-order valence-electron chi connectivity index (χ0n) is 22.3. The van der Waals surface area contributed by atoms with Crippen molar-refractivity contribution < 1.29 is 9.53 Å². The molecule has 5 rings (SSSR count). The minimum Gasteiger partial charge on any atom is -0.480 e. The largest absolute Gasteiger partial charge is 0.480 e. The third kappa shape index (κ3) is 4.43. The van der Waals surface area contributed by atoms with Crippen LogP contribution in [0.5, 0.6) is 5.88 Å². The first-order valence-corrected chi connectivity index (χ1v) is 12.9. The highest BCUT2D eigenvalue weighted by Gasteiger charge is 2.46. The van der Waals surface area contributed by atoms with Crippen molar-refractivity contribution in [2.45, 2.75) is 25.9 Å². The summed E-state index contributed by atoms with van der Waals surface area (Å²) < 4.78 is 8.94. The average molecular weight is 568 g/mol. The van der Waals surface area contributed by atoms with E-state index in [2.05, 4.69) is 9.97 Å². The van der Waals surface area contributed by atoms with Crippen LogP contribution in [-0.2, 0) is 7.05 Å². The number of pyridine rings is 1. The molecule has 12 heteroatoms. The second-order valence-corrected chi connectivity index (χ2v) is 10.6. The number of carbonyl (C=O) groups is 1. The number of hydrogen-bond acceptors (Lipinski definition) is 7. The maximum atomic E-state index is 14.1. The summed E-state index contributed by atoms with van der Waals surface area (Å²) in [5, 5.41) is 0.879. The lowest BCUT2D eigenvalue weighted by atomic mass is 10.0. The Morgan fingerprint density at radius 3 is 2.36 bits per heavy atom. The molecule has 1 aromatic carbocycles. The van der Waals surface area contributed by atoms with Gasteiger partial charge in [0.25, 0.3) is 11.5 Å². The van der Waals surface area contributed by atoms with Crippen molar-refractivity contribution >= 4 is 40.7 Å². The van der Waals surface area contributed by atoms with Crippen LogP contribution in [0.4, 0.5) is 11.6 Å². The van der Waals surface area contributed by atoms with E-state index >= 15 is 0 Å². The number of anilines is 2. The average Bonchev–Trinajstić information content (AvgIpc) is 3.41. The number of halogens is 2. The van der Waals surface area contributed by atoms with E-state index in [9.17, 15) is 9.59 Å². The molecule has 0 bridgehead atoms. The van der Waals surface area contributed by atoms with Gasteiger partial charge in [0.2, 0.25) is 11.8 Å². The van der Waals surface area contributed by atoms with Gasteiger partial charge in [-0.25, -0.2) is 9.97 Å². The number of carbonyl (C=O) groups excluding carboxylic acids is 1. The highest BCUT2D eigenvalue weighted by atomic mass is 35.5. The smallest absolute Gasteiger partial charge is 0.279 e. The van der Waals surface area contributed by atoms with Gasteiger partial charge in [0.1, 0.15) is 17.6 Å². The number of hydrogen-bond donors (Lipinski definition) is 0. The zero-order valence-corrected chi connectivity index (χ0v) is 23.8. The van der Waals surface area contributed by atoms with Crippen LogP contribution < -0.4 is 20.1 Å². The maximum Gasteiger partial charge on any atom is 0.279 e. The van der Waals surface area contributed by atoms with E-state index in [0.29, 0.717) is 39.0 Å². The highest BCUT2D eigenvalue weighted by Crippen LogP contribution is 2.45. The summed E-state index contributed by atoms with van der Waals surface area (Å²) >= 11 is 12.5. The monoisotopic (exact) mass is 567 g/mol. The molecule has 0 saturated carbocycles. The predicted molar refractivity (Wildman–Crippen MR) is 151 cm³/mol. The molecule has 1 aliphatic heterocycles. The van der Waals surface area contributed by atoms with Crippen LogP contribution in [0.15, 0.2) is 47.5 Å². The van der Waals surface area contributed by atoms with Crippen molar-refractivity contribution in [3.05, 3.63) is 80.1 Å². The van der Waals surface area contributed by atoms with Crippen molar-refractivity contribution in [2.24, 2.45) is 7.05 Å². The maximum absolute atomic E-state index is 14.1. The van der Waals surface area contributed by atoms with Gasteiger partial charge in [-0.3, -0.25) is 14.5 Å². The Morgan fingerprint density at radius 1 is 1.05 bits per heavy atom. The molecule has 0 spiro atoms. The predicted octanol–water partition coefficient (Wildman–Crippen LogP) is 4.75. The first-order chi connectivity index (χ1) is 18.5. The van der Waals surface area contributed by atoms with Crippen LogP contribution in [0.2, 0.25) is 10.0 Å². The van der Waals surface area contributed by atoms with Crippen molar-refractivity contribution in [1.29, 1.82) is 0 Å². The summed E-state index contributed by atoms with van der Waals surface area (Å²) in [7, 11) is 6.79. The van der Waals surface area contributed by atoms with Gasteiger partial charge >= 0.3 is 0 Å². The molecule has 202 valence electrons. The summed E-state index contributed by atoms with van der Waals surface area (Å²) in [5.74, 6) is 0.872. The Bertz CT molecular complexity index is 1640. The molecule has 1 aliphatic rings. The summed E-state index contributed by atoms with van der Waals surface area (Å²) in [6, 6.07) is 7.89. The van der Waals surface area contributed by atoms with Gasteiger partial charge in [-0.15, -0.1) is 0 Å². The molecule has 39 heavy (non-hydrogen) atoms. The minimum atomic E-state index is -0.674. The fourth-order valence-electron chi connectivity index (χ4n) is 4.84. The van der Waals surface area contributed by atoms with Crippen LogP contribution in [0.1, 0.15) is 47.7 Å². The number of amides is 1. The van der Waals surface area contributed by atoms with E-state index in [1.807, 2.05) is 44.6 Å². The Hall–Kier alpha value is -3.89. The lowest BCUT2D eigenvalue weighted by Gasteiger charge is -2.28. The number of aromatic nitrogens is 5. The zero-order chi connectivity index (χ0) is 28.2. The quantitative estimate of drug-likeness (QED) is 0.331. The van der Waals surface area contributed by atoms with Crippen LogP contribution in [0.25, 0.3) is 11.4 Å². The van der Waals surface area contributed by atoms with Crippen molar-refractivity contribution in [2.75, 3.05) is 31.0 Å². The normalized spacial score (nSPS) is 14.7. The van der Waals surface area contributed by atoms with Crippen molar-refractivity contribution in [3.8, 4) is 17.3 Å². The van der Waals surface area contributed by atoms with E-state index in [1.54, 1.807) is 30.3 Å². The van der Waals surface area contributed by atoms with E-state index in [1.165, 1.54) is 28.8 Å². The topological polar surface area (TPSA) is 98.4 Å². The lowest BCUT2D eigenvalue weighted by molar-refractivity contribution is 0.0989. The van der Waals surface area contributed by atoms with Crippen LogP contribution in [0, 0.1) is 0 Å². The van der Waals surface area contributed by atoms with Crippen LogP contribution >= 0.6 is 23.2 Å². The molecule has 0 fully saturated rings. The van der Waals surface area contributed by atoms with Crippen molar-refractivity contribution in [1.82, 2.24) is 24.1 Å². The van der Waals surface area contributed by atoms with E-state index in [4.69, 9.17) is 32.9 Å². The Labute approximate surface area is 235 Å². The number of aryl methyl sites for hydroxylation is 1. The van der Waals surface area contributed by atoms with Crippen LogP contribution in [0.3, 0.4) is 0 Å². The number of ether oxygens (including phenoxy) is 1. The third-order valence-corrected chi connectivity index (χ3v) is 7.01. The number of rotatable bonds is 6. The molecule has 0 saturated heterocycles. The summed E-state index contributed by atoms with van der Waals surface area (Å²) in [6.45, 7) is 3.99. The van der Waals surface area contributed by atoms with Gasteiger partial charge in [0, 0.05) is 44.6 Å². The molecule has 4 heterocycles. The second kappa shape index (κ2) is 10.0. The third-order valence-electron chi connectivity index (χ3n) is 6.55. The lowest BCUT2D eigenvalue weighted by Crippen LogP contribution is -2.36. The highest BCUT2D eigenvalue weighted by molar-refractivity contribution is 6.31. The molecular weight excluding hydrogens is 541 g/mol. The van der Waals surface area contributed by atoms with E-state index in [0.717, 1.165) is 5.56 Å². The second-order valence-electron chi connectivity index (χ2n) is 9.71. The SMILES string of the molecule is COc1nc(N(C)C)ncc1-c1nc2c(n1C(C)C)[C@H](c1ccc(Cl)cc1)N(c1cc(Cl)cn(C)c1=O)C2=O. The van der Waals surface area contributed by atoms with Gasteiger partial charge in [0.05, 0.1) is 23.4 Å². The van der Waals surface area contributed by atoms with E-state index in [-0.39, 0.29) is 23.0 Å². The molecule has 1 atom stereocenters. The standard InChI is InChI=1S/C27H27Cl2N7O3/c1-14(2)35-22-20(31-23(35)18-12-30-27(33(3)4)32-24(18)39-6)26(38)36(19-11-17(29)13-34(5)25(19)37)21(22)15-7-9-16(28)10-8-15/h7-14,21H,1-6H3/t21-/m0/s1. The molecule has 0 unspecified atom stereocenters. The molecule has 0 N–H and O–H groups in total. The molecule has 0 aliphatic carbocycles. The van der Waals surface area contributed by atoms with E-state index < -0.39 is 11.9 Å². The Balaban J connectivity index is 1.80. The first-order valence-electron chi connectivity index (χ1n) is 12.2. The van der Waals surface area contributed by atoms with Crippen molar-refractivity contribution in [3.63, 3.8) is 0 Å².